The molecule has 0 aliphatic carbocycles. The van der Waals surface area contributed by atoms with Gasteiger partial charge in [-0.2, -0.15) is 4.99 Å². The van der Waals surface area contributed by atoms with E-state index >= 15 is 0 Å². The third kappa shape index (κ3) is 8.27. The number of amides is 3. The highest BCUT2D eigenvalue weighted by atomic mass is 16.6. The maximum atomic E-state index is 12.4. The van der Waals surface area contributed by atoms with Crippen molar-refractivity contribution in [3.63, 3.8) is 0 Å². The van der Waals surface area contributed by atoms with E-state index in [0.717, 1.165) is 5.56 Å². The minimum absolute atomic E-state index is 0.0876. The molecule has 1 fully saturated rings. The van der Waals surface area contributed by atoms with Gasteiger partial charge in [-0.05, 0) is 27.7 Å². The molecule has 170 valence electrons. The first-order valence-corrected chi connectivity index (χ1v) is 10.5. The maximum Gasteiger partial charge on any atom is 0.410 e. The van der Waals surface area contributed by atoms with E-state index in [-0.39, 0.29) is 25.0 Å². The Bertz CT molecular complexity index is 781. The van der Waals surface area contributed by atoms with Gasteiger partial charge < -0.3 is 24.6 Å². The number of rotatable bonds is 5. The van der Waals surface area contributed by atoms with Crippen molar-refractivity contribution in [3.05, 3.63) is 35.9 Å². The summed E-state index contributed by atoms with van der Waals surface area (Å²) in [6.45, 7) is 9.65. The van der Waals surface area contributed by atoms with Crippen LogP contribution >= 0.6 is 0 Å². The number of ether oxygens (including phenoxy) is 2. The van der Waals surface area contributed by atoms with E-state index in [1.54, 1.807) is 11.8 Å². The first-order valence-electron chi connectivity index (χ1n) is 10.5. The fraction of sp³-hybridized carbons (Fsp3) is 0.545. The molecule has 9 heteroatoms. The van der Waals surface area contributed by atoms with Gasteiger partial charge in [-0.15, -0.1) is 0 Å². The Kier molecular flexibility index (Phi) is 8.84. The molecule has 9 nitrogen and oxygen atoms in total. The number of carbonyl (C=O) groups excluding carboxylic acids is 3. The van der Waals surface area contributed by atoms with Crippen LogP contribution in [0.25, 0.3) is 0 Å². The lowest BCUT2D eigenvalue weighted by Gasteiger charge is -2.37. The molecule has 0 atom stereocenters. The van der Waals surface area contributed by atoms with E-state index in [4.69, 9.17) is 9.47 Å². The molecule has 1 aromatic carbocycles. The number of urea groups is 1. The molecule has 31 heavy (non-hydrogen) atoms. The van der Waals surface area contributed by atoms with Gasteiger partial charge in [-0.3, -0.25) is 4.79 Å². The number of amidine groups is 1. The smallest absolute Gasteiger partial charge is 0.410 e. The van der Waals surface area contributed by atoms with Crippen molar-refractivity contribution in [2.45, 2.75) is 39.7 Å². The first-order chi connectivity index (χ1) is 14.7. The summed E-state index contributed by atoms with van der Waals surface area (Å²) < 4.78 is 10.3. The van der Waals surface area contributed by atoms with Gasteiger partial charge in [-0.25, -0.2) is 9.59 Å². The second kappa shape index (κ2) is 11.3. The largest absolute Gasteiger partial charge is 0.466 e. The highest BCUT2D eigenvalue weighted by molar-refractivity contribution is 6.04. The summed E-state index contributed by atoms with van der Waals surface area (Å²) in [5.41, 5.74) is 0.251. The quantitative estimate of drug-likeness (QED) is 0.436. The van der Waals surface area contributed by atoms with Crippen LogP contribution < -0.4 is 5.32 Å². The Morgan fingerprint density at radius 3 is 2.23 bits per heavy atom. The SMILES string of the molecule is CCOC(=O)CCNC(=O)N=C(c1ccccc1)N1CCN(C(=O)OC(C)(C)C)CC1. The van der Waals surface area contributed by atoms with Crippen LogP contribution in [-0.2, 0) is 14.3 Å². The Labute approximate surface area is 183 Å². The van der Waals surface area contributed by atoms with Crippen LogP contribution in [0.1, 0.15) is 39.7 Å². The number of benzene rings is 1. The van der Waals surface area contributed by atoms with Crippen molar-refractivity contribution in [3.8, 4) is 0 Å². The van der Waals surface area contributed by atoms with E-state index in [1.807, 2.05) is 56.0 Å². The lowest BCUT2D eigenvalue weighted by molar-refractivity contribution is -0.142. The molecule has 0 unspecified atom stereocenters. The zero-order valence-corrected chi connectivity index (χ0v) is 18.7. The fourth-order valence-corrected chi connectivity index (χ4v) is 2.97. The average Bonchev–Trinajstić information content (AvgIpc) is 2.72. The van der Waals surface area contributed by atoms with E-state index in [0.29, 0.717) is 38.6 Å². The topological polar surface area (TPSA) is 101 Å². The summed E-state index contributed by atoms with van der Waals surface area (Å²) in [6, 6.07) is 8.87. The van der Waals surface area contributed by atoms with Crippen molar-refractivity contribution in [1.29, 1.82) is 0 Å². The average molecular weight is 433 g/mol. The van der Waals surface area contributed by atoms with E-state index in [1.165, 1.54) is 0 Å². The highest BCUT2D eigenvalue weighted by Gasteiger charge is 2.27. The number of hydrogen-bond donors (Lipinski definition) is 1. The number of carbonyl (C=O) groups is 3. The Balaban J connectivity index is 2.03. The summed E-state index contributed by atoms with van der Waals surface area (Å²) >= 11 is 0. The van der Waals surface area contributed by atoms with Gasteiger partial charge in [0.1, 0.15) is 11.4 Å². The molecular formula is C22H32N4O5. The Morgan fingerprint density at radius 1 is 1.03 bits per heavy atom. The van der Waals surface area contributed by atoms with Gasteiger partial charge in [0, 0.05) is 38.3 Å². The van der Waals surface area contributed by atoms with Crippen LogP contribution in [0.3, 0.4) is 0 Å². The minimum Gasteiger partial charge on any atom is -0.466 e. The molecule has 0 bridgehead atoms. The minimum atomic E-state index is -0.549. The predicted octanol–water partition coefficient (Wildman–Crippen LogP) is 2.65. The van der Waals surface area contributed by atoms with Crippen LogP contribution in [0.2, 0.25) is 0 Å². The third-order valence-electron chi connectivity index (χ3n) is 4.38. The van der Waals surface area contributed by atoms with Crippen LogP contribution in [0.4, 0.5) is 9.59 Å². The van der Waals surface area contributed by atoms with Crippen molar-refractivity contribution < 1.29 is 23.9 Å². The molecule has 0 radical (unpaired) electrons. The molecule has 1 aliphatic heterocycles. The molecule has 1 aliphatic rings. The molecule has 1 saturated heterocycles. The number of hydrogen-bond acceptors (Lipinski definition) is 5. The fourth-order valence-electron chi connectivity index (χ4n) is 2.97. The normalized spacial score (nSPS) is 14.8. The van der Waals surface area contributed by atoms with Gasteiger partial charge in [0.05, 0.1) is 13.0 Å². The molecule has 0 aromatic heterocycles. The Morgan fingerprint density at radius 2 is 1.65 bits per heavy atom. The van der Waals surface area contributed by atoms with E-state index in [9.17, 15) is 14.4 Å². The van der Waals surface area contributed by atoms with Gasteiger partial charge in [0.25, 0.3) is 0 Å². The summed E-state index contributed by atoms with van der Waals surface area (Å²) in [7, 11) is 0. The van der Waals surface area contributed by atoms with Crippen molar-refractivity contribution in [2.75, 3.05) is 39.3 Å². The Hall–Kier alpha value is -3.10. The summed E-state index contributed by atoms with van der Waals surface area (Å²) in [5, 5.41) is 2.63. The number of nitrogens with zero attached hydrogens (tertiary/aromatic N) is 3. The molecule has 3 amide bonds. The van der Waals surface area contributed by atoms with Crippen LogP contribution in [-0.4, -0.2) is 78.7 Å². The maximum absolute atomic E-state index is 12.4. The monoisotopic (exact) mass is 432 g/mol. The van der Waals surface area contributed by atoms with Crippen molar-refractivity contribution >= 4 is 23.9 Å². The van der Waals surface area contributed by atoms with E-state index in [2.05, 4.69) is 10.3 Å². The van der Waals surface area contributed by atoms with Gasteiger partial charge in [0.15, 0.2) is 0 Å². The van der Waals surface area contributed by atoms with Crippen LogP contribution in [0.15, 0.2) is 35.3 Å². The zero-order valence-electron chi connectivity index (χ0n) is 18.7. The van der Waals surface area contributed by atoms with Crippen molar-refractivity contribution in [2.24, 2.45) is 4.99 Å². The van der Waals surface area contributed by atoms with Gasteiger partial charge in [0.2, 0.25) is 0 Å². The first kappa shape index (κ1) is 24.2. The molecule has 0 saturated carbocycles. The summed E-state index contributed by atoms with van der Waals surface area (Å²) in [6.07, 6.45) is -0.258. The highest BCUT2D eigenvalue weighted by Crippen LogP contribution is 2.14. The van der Waals surface area contributed by atoms with Gasteiger partial charge in [-0.1, -0.05) is 30.3 Å². The molecule has 0 spiro atoms. The van der Waals surface area contributed by atoms with Crippen LogP contribution in [0, 0.1) is 0 Å². The molecule has 1 N–H and O–H groups in total. The summed E-state index contributed by atoms with van der Waals surface area (Å²) in [4.78, 5) is 44.0. The molecule has 1 heterocycles. The van der Waals surface area contributed by atoms with Gasteiger partial charge >= 0.3 is 18.1 Å². The number of esters is 1. The number of aliphatic imine (C=N–C) groups is 1. The summed E-state index contributed by atoms with van der Waals surface area (Å²) in [5.74, 6) is 0.159. The van der Waals surface area contributed by atoms with Crippen LogP contribution in [0.5, 0.6) is 0 Å². The zero-order chi connectivity index (χ0) is 22.9. The van der Waals surface area contributed by atoms with E-state index < -0.39 is 11.6 Å². The molecule has 2 rings (SSSR count). The third-order valence-corrected chi connectivity index (χ3v) is 4.38. The number of nitrogens with one attached hydrogen (secondary N) is 1. The second-order valence-corrected chi connectivity index (χ2v) is 8.04. The molecule has 1 aromatic rings. The molecular weight excluding hydrogens is 400 g/mol. The number of piperazine rings is 1. The second-order valence-electron chi connectivity index (χ2n) is 8.04. The lowest BCUT2D eigenvalue weighted by Crippen LogP contribution is -2.52. The predicted molar refractivity (Wildman–Crippen MR) is 117 cm³/mol. The lowest BCUT2D eigenvalue weighted by atomic mass is 10.1. The van der Waals surface area contributed by atoms with Crippen molar-refractivity contribution in [1.82, 2.24) is 15.1 Å². The standard InChI is InChI=1S/C22H32N4O5/c1-5-30-18(27)11-12-23-20(28)24-19(17-9-7-6-8-10-17)25-13-15-26(16-14-25)21(29)31-22(2,3)4/h6-10H,5,11-16H2,1-4H3,(H,23,28).